The van der Waals surface area contributed by atoms with Crippen molar-refractivity contribution in [2.75, 3.05) is 38.6 Å². The van der Waals surface area contributed by atoms with Crippen LogP contribution in [0.25, 0.3) is 10.9 Å². The van der Waals surface area contributed by atoms with Gasteiger partial charge in [-0.3, -0.25) is 14.5 Å². The van der Waals surface area contributed by atoms with Crippen molar-refractivity contribution in [1.29, 1.82) is 0 Å². The van der Waals surface area contributed by atoms with E-state index < -0.39 is 11.8 Å². The first kappa shape index (κ1) is 26.6. The van der Waals surface area contributed by atoms with Crippen LogP contribution in [0, 0.1) is 5.82 Å². The SMILES string of the molecule is NC(=O)c1ccccc1Sc1cnc(N)c(C(=O)NCc2cn(CCN3CCOCC3)c3ccc(F)cc23)n1. The van der Waals surface area contributed by atoms with E-state index in [0.29, 0.717) is 15.5 Å². The maximum Gasteiger partial charge on any atom is 0.274 e. The smallest absolute Gasteiger partial charge is 0.274 e. The quantitative estimate of drug-likeness (QED) is 0.289. The summed E-state index contributed by atoms with van der Waals surface area (Å²) in [5, 5.41) is 3.94. The van der Waals surface area contributed by atoms with E-state index in [1.807, 2.05) is 6.20 Å². The molecule has 39 heavy (non-hydrogen) atoms. The number of anilines is 1. The Bertz CT molecular complexity index is 1520. The molecule has 5 N–H and O–H groups in total. The molecule has 0 saturated carbocycles. The van der Waals surface area contributed by atoms with Crippen LogP contribution in [-0.2, 0) is 17.8 Å². The molecule has 1 fully saturated rings. The maximum absolute atomic E-state index is 14.1. The fourth-order valence-corrected chi connectivity index (χ4v) is 5.37. The number of hydrogen-bond donors (Lipinski definition) is 3. The molecule has 2 amide bonds. The van der Waals surface area contributed by atoms with Crippen molar-refractivity contribution in [3.63, 3.8) is 0 Å². The molecule has 2 aromatic carbocycles. The molecule has 1 aliphatic heterocycles. The number of nitrogens with one attached hydrogen (secondary N) is 1. The zero-order chi connectivity index (χ0) is 27.4. The lowest BCUT2D eigenvalue weighted by Crippen LogP contribution is -2.38. The number of carbonyl (C=O) groups excluding carboxylic acids is 2. The minimum atomic E-state index is -0.569. The summed E-state index contributed by atoms with van der Waals surface area (Å²) in [6.07, 6.45) is 3.37. The van der Waals surface area contributed by atoms with Gasteiger partial charge in [0.1, 0.15) is 10.8 Å². The van der Waals surface area contributed by atoms with Crippen molar-refractivity contribution < 1.29 is 18.7 Å². The molecule has 3 heterocycles. The number of benzene rings is 2. The fourth-order valence-electron chi connectivity index (χ4n) is 4.47. The summed E-state index contributed by atoms with van der Waals surface area (Å²) in [6.45, 7) is 4.91. The highest BCUT2D eigenvalue weighted by molar-refractivity contribution is 7.99. The topological polar surface area (TPSA) is 141 Å². The molecule has 202 valence electrons. The van der Waals surface area contributed by atoms with Gasteiger partial charge in [-0.1, -0.05) is 23.9 Å². The lowest BCUT2D eigenvalue weighted by Gasteiger charge is -2.26. The summed E-state index contributed by atoms with van der Waals surface area (Å²) < 4.78 is 21.6. The number of hydrogen-bond acceptors (Lipinski definition) is 8. The number of nitrogens with two attached hydrogens (primary N) is 2. The predicted octanol–water partition coefficient (Wildman–Crippen LogP) is 2.66. The molecule has 12 heteroatoms. The lowest BCUT2D eigenvalue weighted by atomic mass is 10.1. The molecule has 5 rings (SSSR count). The first-order valence-corrected chi connectivity index (χ1v) is 13.3. The predicted molar refractivity (Wildman–Crippen MR) is 146 cm³/mol. The maximum atomic E-state index is 14.1. The minimum Gasteiger partial charge on any atom is -0.382 e. The summed E-state index contributed by atoms with van der Waals surface area (Å²) in [4.78, 5) is 36.2. The third-order valence-corrected chi connectivity index (χ3v) is 7.47. The van der Waals surface area contributed by atoms with Gasteiger partial charge in [0.2, 0.25) is 5.91 Å². The molecule has 0 atom stereocenters. The first-order valence-electron chi connectivity index (χ1n) is 12.4. The number of amides is 2. The van der Waals surface area contributed by atoms with Gasteiger partial charge in [0.15, 0.2) is 11.5 Å². The molecule has 10 nitrogen and oxygen atoms in total. The Labute approximate surface area is 228 Å². The Morgan fingerprint density at radius 2 is 1.92 bits per heavy atom. The van der Waals surface area contributed by atoms with Gasteiger partial charge in [-0.25, -0.2) is 14.4 Å². The van der Waals surface area contributed by atoms with Crippen molar-refractivity contribution in [2.45, 2.75) is 23.0 Å². The van der Waals surface area contributed by atoms with Crippen LogP contribution in [0.2, 0.25) is 0 Å². The average Bonchev–Trinajstić information content (AvgIpc) is 3.28. The number of nitrogen functional groups attached to an aromatic ring is 1. The molecule has 4 aromatic rings. The van der Waals surface area contributed by atoms with E-state index >= 15 is 0 Å². The van der Waals surface area contributed by atoms with Crippen molar-refractivity contribution in [1.82, 2.24) is 24.8 Å². The van der Waals surface area contributed by atoms with E-state index in [4.69, 9.17) is 16.2 Å². The molecule has 0 bridgehead atoms. The van der Waals surface area contributed by atoms with E-state index in [-0.39, 0.29) is 23.9 Å². The van der Waals surface area contributed by atoms with Crippen LogP contribution in [0.5, 0.6) is 0 Å². The van der Waals surface area contributed by atoms with Crippen molar-refractivity contribution in [2.24, 2.45) is 5.73 Å². The van der Waals surface area contributed by atoms with Crippen LogP contribution < -0.4 is 16.8 Å². The van der Waals surface area contributed by atoms with Crippen molar-refractivity contribution in [3.8, 4) is 0 Å². The van der Waals surface area contributed by atoms with Crippen LogP contribution in [0.4, 0.5) is 10.2 Å². The van der Waals surface area contributed by atoms with Crippen LogP contribution >= 0.6 is 11.8 Å². The number of carbonyl (C=O) groups is 2. The summed E-state index contributed by atoms with van der Waals surface area (Å²) >= 11 is 1.15. The number of halogens is 1. The molecule has 1 saturated heterocycles. The number of primary amides is 1. The summed E-state index contributed by atoms with van der Waals surface area (Å²) in [5.74, 6) is -1.47. The highest BCUT2D eigenvalue weighted by Crippen LogP contribution is 2.29. The van der Waals surface area contributed by atoms with Crippen molar-refractivity contribution in [3.05, 3.63) is 77.5 Å². The zero-order valence-corrected chi connectivity index (χ0v) is 21.9. The molecular weight excluding hydrogens is 521 g/mol. The Hall–Kier alpha value is -4.00. The summed E-state index contributed by atoms with van der Waals surface area (Å²) in [5.41, 5.74) is 13.4. The molecule has 0 spiro atoms. The van der Waals surface area contributed by atoms with Gasteiger partial charge in [0, 0.05) is 54.7 Å². The van der Waals surface area contributed by atoms with E-state index in [0.717, 1.165) is 67.6 Å². The Morgan fingerprint density at radius 1 is 1.13 bits per heavy atom. The highest BCUT2D eigenvalue weighted by Gasteiger charge is 2.18. The van der Waals surface area contributed by atoms with Gasteiger partial charge < -0.3 is 26.1 Å². The second-order valence-electron chi connectivity index (χ2n) is 9.05. The van der Waals surface area contributed by atoms with Crippen LogP contribution in [0.15, 0.2) is 64.8 Å². The standard InChI is InChI=1S/C27H28FN7O3S/c28-18-5-6-21-20(13-18)17(16-35(21)8-7-34-9-11-38-12-10-34)14-32-27(37)24-25(29)31-15-23(33-24)39-22-4-2-1-3-19(22)26(30)36/h1-6,13,15-16H,7-12,14H2,(H2,29,31)(H2,30,36)(H,32,37). The number of fused-ring (bicyclic) bond motifs is 1. The normalized spacial score (nSPS) is 14.0. The Kier molecular flexibility index (Phi) is 8.05. The van der Waals surface area contributed by atoms with Gasteiger partial charge in [-0.2, -0.15) is 0 Å². The monoisotopic (exact) mass is 549 g/mol. The number of ether oxygens (including phenoxy) is 1. The van der Waals surface area contributed by atoms with Gasteiger partial charge in [-0.15, -0.1) is 0 Å². The molecule has 0 unspecified atom stereocenters. The second-order valence-corrected chi connectivity index (χ2v) is 10.1. The van der Waals surface area contributed by atoms with Crippen LogP contribution in [0.3, 0.4) is 0 Å². The van der Waals surface area contributed by atoms with E-state index in [9.17, 15) is 14.0 Å². The third kappa shape index (κ3) is 6.19. The highest BCUT2D eigenvalue weighted by atomic mass is 32.2. The molecule has 1 aliphatic rings. The van der Waals surface area contributed by atoms with Gasteiger partial charge in [-0.05, 0) is 35.9 Å². The van der Waals surface area contributed by atoms with Crippen LogP contribution in [-0.4, -0.2) is 64.1 Å². The molecule has 0 aliphatic carbocycles. The van der Waals surface area contributed by atoms with Gasteiger partial charge >= 0.3 is 0 Å². The van der Waals surface area contributed by atoms with E-state index in [2.05, 4.69) is 24.8 Å². The number of rotatable bonds is 9. The fraction of sp³-hybridized carbons (Fsp3) is 0.259. The Morgan fingerprint density at radius 3 is 2.72 bits per heavy atom. The second kappa shape index (κ2) is 11.8. The molecule has 2 aromatic heterocycles. The lowest BCUT2D eigenvalue weighted by molar-refractivity contribution is 0.0365. The van der Waals surface area contributed by atoms with E-state index in [1.54, 1.807) is 30.3 Å². The number of aromatic nitrogens is 3. The zero-order valence-electron chi connectivity index (χ0n) is 21.1. The van der Waals surface area contributed by atoms with Crippen LogP contribution in [0.1, 0.15) is 26.4 Å². The minimum absolute atomic E-state index is 0.0287. The third-order valence-electron chi connectivity index (χ3n) is 6.49. The molecular formula is C27H28FN7O3S. The number of morpholine rings is 1. The van der Waals surface area contributed by atoms with Gasteiger partial charge in [0.05, 0.1) is 25.0 Å². The largest absolute Gasteiger partial charge is 0.382 e. The van der Waals surface area contributed by atoms with Crippen molar-refractivity contribution >= 4 is 40.3 Å². The number of nitrogens with zero attached hydrogens (tertiary/aromatic N) is 4. The Balaban J connectivity index is 1.32. The van der Waals surface area contributed by atoms with E-state index in [1.165, 1.54) is 18.3 Å². The molecule has 0 radical (unpaired) electrons. The van der Waals surface area contributed by atoms with Gasteiger partial charge in [0.25, 0.3) is 5.91 Å². The average molecular weight is 550 g/mol. The summed E-state index contributed by atoms with van der Waals surface area (Å²) in [6, 6.07) is 11.5. The summed E-state index contributed by atoms with van der Waals surface area (Å²) in [7, 11) is 0. The first-order chi connectivity index (χ1) is 18.9.